The molecule has 32 heavy (non-hydrogen) atoms. The topological polar surface area (TPSA) is 87.5 Å². The average Bonchev–Trinajstić information content (AvgIpc) is 3.50. The van der Waals surface area contributed by atoms with Gasteiger partial charge in [0.1, 0.15) is 0 Å². The molecule has 2 aromatic rings. The van der Waals surface area contributed by atoms with E-state index in [-0.39, 0.29) is 11.8 Å². The van der Waals surface area contributed by atoms with Crippen molar-refractivity contribution in [2.24, 2.45) is 7.05 Å². The van der Waals surface area contributed by atoms with Gasteiger partial charge in [0.25, 0.3) is 0 Å². The van der Waals surface area contributed by atoms with E-state index in [1.165, 1.54) is 30.6 Å². The molecule has 1 aliphatic heterocycles. The summed E-state index contributed by atoms with van der Waals surface area (Å²) in [5, 5.41) is 12.4. The molecule has 4 rings (SSSR count). The Bertz CT molecular complexity index is 908. The first-order chi connectivity index (χ1) is 15.2. The number of imidazole rings is 1. The fraction of sp³-hybridized carbons (Fsp3) is 0.571. The van der Waals surface area contributed by atoms with Crippen LogP contribution in [0, 0.1) is 0 Å². The molecule has 0 spiro atoms. The van der Waals surface area contributed by atoms with E-state index >= 15 is 0 Å². The molecule has 2 N–H and O–H groups in total. The Hall–Kier alpha value is -2.40. The summed E-state index contributed by atoms with van der Waals surface area (Å²) in [7, 11) is 2.00. The standard InChI is InChI=1S/C19H26N4OS.C2HF3O2/c1-22-13-21-17-12-23(14-5-2-3-6-14)11-16(18(17)22)19(24)20-9-8-15-7-4-10-25-15;3-2(4,5)1(6)7/h4,7,10,13-14,16H,2-3,5-6,8-9,11-12H2,1H3,(H,20,24);(H,6,7). The van der Waals surface area contributed by atoms with E-state index in [0.717, 1.165) is 30.9 Å². The smallest absolute Gasteiger partial charge is 0.475 e. The van der Waals surface area contributed by atoms with Crippen LogP contribution >= 0.6 is 11.3 Å². The number of aliphatic carboxylic acids is 1. The van der Waals surface area contributed by atoms with Gasteiger partial charge in [-0.2, -0.15) is 13.2 Å². The number of fused-ring (bicyclic) bond motifs is 1. The van der Waals surface area contributed by atoms with E-state index in [1.54, 1.807) is 11.3 Å². The van der Waals surface area contributed by atoms with Crippen molar-refractivity contribution in [1.29, 1.82) is 0 Å². The molecular formula is C21H27F3N4O3S. The number of nitrogens with zero attached hydrogens (tertiary/aromatic N) is 3. The maximum absolute atomic E-state index is 12.9. The summed E-state index contributed by atoms with van der Waals surface area (Å²) < 4.78 is 33.8. The number of amides is 1. The largest absolute Gasteiger partial charge is 0.490 e. The van der Waals surface area contributed by atoms with E-state index in [9.17, 15) is 18.0 Å². The molecule has 7 nitrogen and oxygen atoms in total. The molecule has 1 unspecified atom stereocenters. The molecule has 2 aromatic heterocycles. The molecular weight excluding hydrogens is 445 g/mol. The Labute approximate surface area is 188 Å². The first-order valence-electron chi connectivity index (χ1n) is 10.5. The second-order valence-corrected chi connectivity index (χ2v) is 9.06. The molecule has 0 aromatic carbocycles. The molecule has 1 fully saturated rings. The fourth-order valence-corrected chi connectivity index (χ4v) is 4.99. The zero-order chi connectivity index (χ0) is 23.3. The van der Waals surface area contributed by atoms with E-state index in [2.05, 4.69) is 32.7 Å². The molecule has 176 valence electrons. The van der Waals surface area contributed by atoms with E-state index in [1.807, 2.05) is 17.9 Å². The van der Waals surface area contributed by atoms with Crippen molar-refractivity contribution in [3.8, 4) is 0 Å². The normalized spacial score (nSPS) is 19.2. The summed E-state index contributed by atoms with van der Waals surface area (Å²) in [6.07, 6.45) is 2.82. The number of carbonyl (C=O) groups excluding carboxylic acids is 1. The number of alkyl halides is 3. The van der Waals surface area contributed by atoms with Gasteiger partial charge in [-0.25, -0.2) is 9.78 Å². The monoisotopic (exact) mass is 472 g/mol. The van der Waals surface area contributed by atoms with Crippen molar-refractivity contribution < 1.29 is 27.9 Å². The third-order valence-electron chi connectivity index (χ3n) is 5.81. The van der Waals surface area contributed by atoms with Gasteiger partial charge in [-0.3, -0.25) is 9.69 Å². The first-order valence-corrected chi connectivity index (χ1v) is 11.4. The third-order valence-corrected chi connectivity index (χ3v) is 6.75. The highest BCUT2D eigenvalue weighted by Crippen LogP contribution is 2.33. The Morgan fingerprint density at radius 3 is 2.59 bits per heavy atom. The molecule has 3 heterocycles. The molecule has 0 radical (unpaired) electrons. The van der Waals surface area contributed by atoms with E-state index < -0.39 is 12.1 Å². The molecule has 1 atom stereocenters. The van der Waals surface area contributed by atoms with Gasteiger partial charge in [0.2, 0.25) is 5.91 Å². The van der Waals surface area contributed by atoms with Crippen LogP contribution in [0.2, 0.25) is 0 Å². The first kappa shape index (κ1) is 24.2. The number of hydrogen-bond donors (Lipinski definition) is 2. The highest BCUT2D eigenvalue weighted by molar-refractivity contribution is 7.09. The minimum Gasteiger partial charge on any atom is -0.475 e. The van der Waals surface area contributed by atoms with Crippen LogP contribution in [0.1, 0.15) is 47.9 Å². The fourth-order valence-electron chi connectivity index (χ4n) is 4.28. The van der Waals surface area contributed by atoms with Gasteiger partial charge in [-0.15, -0.1) is 11.3 Å². The van der Waals surface area contributed by atoms with Crippen LogP contribution in [0.15, 0.2) is 23.8 Å². The summed E-state index contributed by atoms with van der Waals surface area (Å²) in [6, 6.07) is 4.81. The van der Waals surface area contributed by atoms with Crippen LogP contribution in [0.3, 0.4) is 0 Å². The van der Waals surface area contributed by atoms with Crippen molar-refractivity contribution >= 4 is 23.2 Å². The zero-order valence-electron chi connectivity index (χ0n) is 17.8. The number of carboxylic acid groups (broad SMARTS) is 1. The van der Waals surface area contributed by atoms with Crippen LogP contribution < -0.4 is 5.32 Å². The number of carbonyl (C=O) groups is 2. The molecule has 2 aliphatic rings. The molecule has 0 bridgehead atoms. The Balaban J connectivity index is 0.000000360. The van der Waals surface area contributed by atoms with Crippen LogP contribution in [-0.2, 0) is 29.6 Å². The lowest BCUT2D eigenvalue weighted by atomic mass is 9.95. The van der Waals surface area contributed by atoms with Crippen LogP contribution in [0.4, 0.5) is 13.2 Å². The Kier molecular flexibility index (Phi) is 7.94. The number of aromatic nitrogens is 2. The van der Waals surface area contributed by atoms with E-state index in [0.29, 0.717) is 12.6 Å². The number of carboxylic acids is 1. The van der Waals surface area contributed by atoms with Crippen molar-refractivity contribution in [3.63, 3.8) is 0 Å². The van der Waals surface area contributed by atoms with Gasteiger partial charge in [0.15, 0.2) is 0 Å². The lowest BCUT2D eigenvalue weighted by molar-refractivity contribution is -0.192. The van der Waals surface area contributed by atoms with Gasteiger partial charge in [0, 0.05) is 37.6 Å². The number of aryl methyl sites for hydroxylation is 1. The lowest BCUT2D eigenvalue weighted by Crippen LogP contribution is -2.45. The van der Waals surface area contributed by atoms with Gasteiger partial charge < -0.3 is 15.0 Å². The summed E-state index contributed by atoms with van der Waals surface area (Å²) in [5.74, 6) is -2.73. The molecule has 1 saturated carbocycles. The summed E-state index contributed by atoms with van der Waals surface area (Å²) in [6.45, 7) is 2.41. The number of halogens is 3. The van der Waals surface area contributed by atoms with E-state index in [4.69, 9.17) is 9.90 Å². The predicted octanol–water partition coefficient (Wildman–Crippen LogP) is 3.32. The second-order valence-electron chi connectivity index (χ2n) is 8.03. The minimum atomic E-state index is -5.08. The van der Waals surface area contributed by atoms with Crippen LogP contribution in [-0.4, -0.2) is 56.7 Å². The average molecular weight is 473 g/mol. The van der Waals surface area contributed by atoms with Crippen molar-refractivity contribution in [1.82, 2.24) is 19.8 Å². The molecule has 11 heteroatoms. The molecule has 0 saturated heterocycles. The number of rotatable bonds is 5. The quantitative estimate of drug-likeness (QED) is 0.697. The third kappa shape index (κ3) is 6.10. The summed E-state index contributed by atoms with van der Waals surface area (Å²) in [5.41, 5.74) is 2.18. The van der Waals surface area contributed by atoms with Crippen molar-refractivity contribution in [2.75, 3.05) is 13.1 Å². The Morgan fingerprint density at radius 1 is 1.31 bits per heavy atom. The number of nitrogens with one attached hydrogen (secondary N) is 1. The highest BCUT2D eigenvalue weighted by Gasteiger charge is 2.38. The van der Waals surface area contributed by atoms with Gasteiger partial charge in [0.05, 0.1) is 23.6 Å². The molecule has 1 aliphatic carbocycles. The summed E-state index contributed by atoms with van der Waals surface area (Å²) in [4.78, 5) is 30.2. The van der Waals surface area contributed by atoms with Gasteiger partial charge in [-0.05, 0) is 30.7 Å². The van der Waals surface area contributed by atoms with Crippen molar-refractivity contribution in [3.05, 3.63) is 40.1 Å². The van der Waals surface area contributed by atoms with Crippen molar-refractivity contribution in [2.45, 2.75) is 56.8 Å². The second kappa shape index (κ2) is 10.5. The minimum absolute atomic E-state index is 0.111. The maximum atomic E-state index is 12.9. The predicted molar refractivity (Wildman–Crippen MR) is 113 cm³/mol. The van der Waals surface area contributed by atoms with Crippen LogP contribution in [0.25, 0.3) is 0 Å². The SMILES string of the molecule is Cn1cnc2c1C(C(=O)NCCc1cccs1)CN(C1CCCC1)C2.O=C(O)C(F)(F)F. The molecule has 1 amide bonds. The summed E-state index contributed by atoms with van der Waals surface area (Å²) >= 11 is 1.75. The van der Waals surface area contributed by atoms with Crippen LogP contribution in [0.5, 0.6) is 0 Å². The number of hydrogen-bond acceptors (Lipinski definition) is 5. The van der Waals surface area contributed by atoms with Gasteiger partial charge in [-0.1, -0.05) is 18.9 Å². The Morgan fingerprint density at radius 2 is 2.00 bits per heavy atom. The van der Waals surface area contributed by atoms with Gasteiger partial charge >= 0.3 is 12.1 Å². The lowest BCUT2D eigenvalue weighted by Gasteiger charge is -2.36. The highest BCUT2D eigenvalue weighted by atomic mass is 32.1. The number of thiophene rings is 1. The maximum Gasteiger partial charge on any atom is 0.490 e. The zero-order valence-corrected chi connectivity index (χ0v) is 18.6.